The Morgan fingerprint density at radius 3 is 2.37 bits per heavy atom. The normalized spacial score (nSPS) is 18.7. The monoisotopic (exact) mass is 426 g/mol. The number of hydrogen-bond donors (Lipinski definition) is 1. The highest BCUT2D eigenvalue weighted by Gasteiger charge is 2.38. The van der Waals surface area contributed by atoms with Gasteiger partial charge >= 0.3 is 0 Å². The topological polar surface area (TPSA) is 41.1 Å². The van der Waals surface area contributed by atoms with E-state index in [2.05, 4.69) is 44.5 Å². The fourth-order valence-corrected chi connectivity index (χ4v) is 4.75. The van der Waals surface area contributed by atoms with E-state index in [4.69, 9.17) is 0 Å². The van der Waals surface area contributed by atoms with Crippen LogP contribution in [-0.2, 0) is 12.3 Å². The van der Waals surface area contributed by atoms with E-state index in [9.17, 15) is 0 Å². The van der Waals surface area contributed by atoms with Crippen LogP contribution in [0, 0.1) is 5.41 Å². The van der Waals surface area contributed by atoms with Crippen LogP contribution < -0.4 is 5.32 Å². The molecule has 3 heterocycles. The van der Waals surface area contributed by atoms with Crippen molar-refractivity contribution in [3.05, 3.63) is 53.9 Å². The van der Waals surface area contributed by atoms with Crippen molar-refractivity contribution in [3.63, 3.8) is 0 Å². The zero-order valence-electron chi connectivity index (χ0n) is 15.5. The molecule has 2 fully saturated rings. The molecule has 2 aliphatic heterocycles. The molecule has 148 valence electrons. The molecule has 2 aromatic rings. The summed E-state index contributed by atoms with van der Waals surface area (Å²) in [5.74, 6) is 0.920. The Morgan fingerprint density at radius 1 is 0.963 bits per heavy atom. The minimum Gasteiger partial charge on any atom is -0.317 e. The van der Waals surface area contributed by atoms with Gasteiger partial charge in [-0.05, 0) is 49.9 Å². The lowest BCUT2D eigenvalue weighted by Gasteiger charge is -2.33. The second-order valence-electron chi connectivity index (χ2n) is 7.36. The zero-order valence-corrected chi connectivity index (χ0v) is 17.9. The van der Waals surface area contributed by atoms with E-state index in [0.717, 1.165) is 17.5 Å². The molecule has 1 aromatic heterocycles. The lowest BCUT2D eigenvalue weighted by molar-refractivity contribution is 0.194. The number of piperidine rings is 1. The van der Waals surface area contributed by atoms with Crippen LogP contribution in [0.1, 0.15) is 30.4 Å². The summed E-state index contributed by atoms with van der Waals surface area (Å²) < 4.78 is 0. The minimum atomic E-state index is 0. The van der Waals surface area contributed by atoms with E-state index in [1.807, 2.05) is 18.5 Å². The van der Waals surface area contributed by atoms with E-state index in [1.165, 1.54) is 56.6 Å². The van der Waals surface area contributed by atoms with Gasteiger partial charge in [0.25, 0.3) is 0 Å². The van der Waals surface area contributed by atoms with E-state index in [1.54, 1.807) is 11.8 Å². The summed E-state index contributed by atoms with van der Waals surface area (Å²) in [4.78, 5) is 11.7. The maximum absolute atomic E-state index is 4.56. The molecule has 27 heavy (non-hydrogen) atoms. The van der Waals surface area contributed by atoms with Crippen molar-refractivity contribution >= 4 is 36.6 Å². The lowest BCUT2D eigenvalue weighted by atomic mass is 9.78. The van der Waals surface area contributed by atoms with Crippen molar-refractivity contribution in [2.45, 2.75) is 36.7 Å². The number of nitrogens with one attached hydrogen (secondary N) is 1. The highest BCUT2D eigenvalue weighted by molar-refractivity contribution is 7.98. The van der Waals surface area contributed by atoms with Gasteiger partial charge in [0.1, 0.15) is 0 Å². The molecule has 1 N–H and O–H groups in total. The number of benzene rings is 1. The fourth-order valence-electron chi connectivity index (χ4n) is 4.01. The summed E-state index contributed by atoms with van der Waals surface area (Å²) in [7, 11) is 0. The summed E-state index contributed by atoms with van der Waals surface area (Å²) in [5.41, 5.74) is 3.11. The summed E-state index contributed by atoms with van der Waals surface area (Å²) in [5, 5.41) is 4.35. The average Bonchev–Trinajstić information content (AvgIpc) is 3.04. The molecule has 0 saturated carbocycles. The second-order valence-corrected chi connectivity index (χ2v) is 8.30. The summed E-state index contributed by atoms with van der Waals surface area (Å²) in [6.07, 6.45) is 8.02. The van der Waals surface area contributed by atoms with Gasteiger partial charge in [-0.25, -0.2) is 9.97 Å². The van der Waals surface area contributed by atoms with Crippen LogP contribution >= 0.6 is 36.6 Å². The molecule has 0 aliphatic carbocycles. The van der Waals surface area contributed by atoms with Crippen LogP contribution in [0.2, 0.25) is 0 Å². The van der Waals surface area contributed by atoms with Crippen LogP contribution in [0.15, 0.2) is 47.9 Å². The SMILES string of the molecule is Cl.Cl.c1ccc(CSc2ncc(CN3CCC4(CCNCC4)C3)cn2)cc1. The van der Waals surface area contributed by atoms with Gasteiger partial charge in [-0.15, -0.1) is 24.8 Å². The first-order chi connectivity index (χ1) is 12.3. The molecule has 0 atom stereocenters. The Kier molecular flexibility index (Phi) is 8.83. The summed E-state index contributed by atoms with van der Waals surface area (Å²) in [6, 6.07) is 10.5. The molecule has 0 radical (unpaired) electrons. The van der Waals surface area contributed by atoms with Gasteiger partial charge in [0.05, 0.1) is 0 Å². The van der Waals surface area contributed by atoms with Crippen LogP contribution in [0.5, 0.6) is 0 Å². The maximum atomic E-state index is 4.56. The quantitative estimate of drug-likeness (QED) is 0.573. The summed E-state index contributed by atoms with van der Waals surface area (Å²) >= 11 is 1.70. The molecule has 7 heteroatoms. The third-order valence-corrected chi connectivity index (χ3v) is 6.43. The molecular formula is C20H28Cl2N4S. The Balaban J connectivity index is 0.00000131. The highest BCUT2D eigenvalue weighted by atomic mass is 35.5. The van der Waals surface area contributed by atoms with Crippen molar-refractivity contribution < 1.29 is 0 Å². The number of hydrogen-bond acceptors (Lipinski definition) is 5. The number of rotatable bonds is 5. The Hall–Kier alpha value is -0.850. The smallest absolute Gasteiger partial charge is 0.187 e. The van der Waals surface area contributed by atoms with E-state index < -0.39 is 0 Å². The van der Waals surface area contributed by atoms with Crippen LogP contribution in [0.3, 0.4) is 0 Å². The van der Waals surface area contributed by atoms with Crippen molar-refractivity contribution in [3.8, 4) is 0 Å². The summed E-state index contributed by atoms with van der Waals surface area (Å²) in [6.45, 7) is 5.80. The molecule has 1 aromatic carbocycles. The molecule has 0 unspecified atom stereocenters. The molecule has 4 rings (SSSR count). The molecule has 1 spiro atoms. The number of likely N-dealkylation sites (tertiary alicyclic amines) is 1. The first-order valence-electron chi connectivity index (χ1n) is 9.22. The molecule has 2 saturated heterocycles. The van der Waals surface area contributed by atoms with Gasteiger partial charge in [-0.1, -0.05) is 42.1 Å². The average molecular weight is 427 g/mol. The Labute approximate surface area is 178 Å². The number of nitrogens with zero attached hydrogens (tertiary/aromatic N) is 3. The van der Waals surface area contributed by atoms with E-state index in [-0.39, 0.29) is 24.8 Å². The maximum Gasteiger partial charge on any atom is 0.187 e. The van der Waals surface area contributed by atoms with Crippen molar-refractivity contribution in [1.29, 1.82) is 0 Å². The van der Waals surface area contributed by atoms with E-state index >= 15 is 0 Å². The second kappa shape index (κ2) is 10.6. The zero-order chi connectivity index (χ0) is 17.0. The van der Waals surface area contributed by atoms with Gasteiger partial charge in [-0.2, -0.15) is 0 Å². The highest BCUT2D eigenvalue weighted by Crippen LogP contribution is 2.38. The first kappa shape index (κ1) is 22.4. The van der Waals surface area contributed by atoms with Gasteiger partial charge < -0.3 is 5.32 Å². The Morgan fingerprint density at radius 2 is 1.67 bits per heavy atom. The molecule has 0 amide bonds. The predicted molar refractivity (Wildman–Crippen MR) is 117 cm³/mol. The van der Waals surface area contributed by atoms with Crippen LogP contribution in [0.25, 0.3) is 0 Å². The fraction of sp³-hybridized carbons (Fsp3) is 0.500. The van der Waals surface area contributed by atoms with Crippen molar-refractivity contribution in [2.75, 3.05) is 26.2 Å². The number of thioether (sulfide) groups is 1. The lowest BCUT2D eigenvalue weighted by Crippen LogP contribution is -2.38. The molecule has 4 nitrogen and oxygen atoms in total. The van der Waals surface area contributed by atoms with Gasteiger partial charge in [0.2, 0.25) is 0 Å². The van der Waals surface area contributed by atoms with Crippen molar-refractivity contribution in [1.82, 2.24) is 20.2 Å². The standard InChI is InChI=1S/C20H26N4S.2ClH/c1-2-4-17(5-3-1)15-25-19-22-12-18(13-23-19)14-24-11-8-20(16-24)6-9-21-10-7-20;;/h1-5,12-13,21H,6-11,14-16H2;2*1H. The minimum absolute atomic E-state index is 0. The van der Waals surface area contributed by atoms with Crippen molar-refractivity contribution in [2.24, 2.45) is 5.41 Å². The number of aromatic nitrogens is 2. The van der Waals surface area contributed by atoms with Crippen LogP contribution in [0.4, 0.5) is 0 Å². The third kappa shape index (κ3) is 6.06. The Bertz CT molecular complexity index is 678. The van der Waals surface area contributed by atoms with Gasteiger partial charge in [0.15, 0.2) is 5.16 Å². The molecule has 0 bridgehead atoms. The molecule has 2 aliphatic rings. The van der Waals surface area contributed by atoms with Gasteiger partial charge in [0, 0.05) is 36.8 Å². The predicted octanol–water partition coefficient (Wildman–Crippen LogP) is 4.19. The molecular weight excluding hydrogens is 399 g/mol. The number of halogens is 2. The van der Waals surface area contributed by atoms with Crippen LogP contribution in [-0.4, -0.2) is 41.0 Å². The van der Waals surface area contributed by atoms with Gasteiger partial charge in [-0.3, -0.25) is 4.90 Å². The van der Waals surface area contributed by atoms with E-state index in [0.29, 0.717) is 5.41 Å². The third-order valence-electron chi connectivity index (χ3n) is 5.48. The largest absolute Gasteiger partial charge is 0.317 e. The first-order valence-corrected chi connectivity index (χ1v) is 10.2.